The van der Waals surface area contributed by atoms with Gasteiger partial charge in [0.2, 0.25) is 0 Å². The van der Waals surface area contributed by atoms with Crippen LogP contribution < -0.4 is 10.5 Å². The second kappa shape index (κ2) is 5.12. The molecule has 0 aliphatic carbocycles. The predicted octanol–water partition coefficient (Wildman–Crippen LogP) is 4.48. The van der Waals surface area contributed by atoms with E-state index in [1.165, 1.54) is 16.7 Å². The number of benzene rings is 2. The van der Waals surface area contributed by atoms with Crippen molar-refractivity contribution in [2.45, 2.75) is 32.4 Å². The van der Waals surface area contributed by atoms with Crippen LogP contribution in [0.25, 0.3) is 0 Å². The molecule has 0 radical (unpaired) electrons. The van der Waals surface area contributed by atoms with E-state index >= 15 is 0 Å². The van der Waals surface area contributed by atoms with Gasteiger partial charge in [-0.1, -0.05) is 29.8 Å². The minimum absolute atomic E-state index is 0.0126. The zero-order chi connectivity index (χ0) is 14.3. The normalized spacial score (nSPS) is 21.2. The molecule has 1 aliphatic rings. The highest BCUT2D eigenvalue weighted by Gasteiger charge is 2.28. The Balaban J connectivity index is 1.99. The number of hydrogen-bond donors (Lipinski definition) is 1. The number of aryl methyl sites for hydroxylation is 1. The van der Waals surface area contributed by atoms with E-state index in [-0.39, 0.29) is 12.1 Å². The Bertz CT molecular complexity index is 653. The quantitative estimate of drug-likeness (QED) is 0.839. The van der Waals surface area contributed by atoms with Crippen molar-refractivity contribution in [1.82, 2.24) is 0 Å². The fourth-order valence-corrected chi connectivity index (χ4v) is 2.97. The van der Waals surface area contributed by atoms with Gasteiger partial charge in [-0.3, -0.25) is 0 Å². The Morgan fingerprint density at radius 1 is 1.15 bits per heavy atom. The van der Waals surface area contributed by atoms with E-state index in [1.54, 1.807) is 0 Å². The highest BCUT2D eigenvalue weighted by atomic mass is 35.5. The lowest BCUT2D eigenvalue weighted by molar-refractivity contribution is 0.161. The smallest absolute Gasteiger partial charge is 0.126 e. The van der Waals surface area contributed by atoms with Gasteiger partial charge in [0.25, 0.3) is 0 Å². The molecule has 0 bridgehead atoms. The van der Waals surface area contributed by atoms with E-state index in [1.807, 2.05) is 18.2 Å². The summed E-state index contributed by atoms with van der Waals surface area (Å²) in [6.45, 7) is 4.26. The van der Waals surface area contributed by atoms with Crippen molar-refractivity contribution < 1.29 is 4.74 Å². The summed E-state index contributed by atoms with van der Waals surface area (Å²) < 4.78 is 6.14. The van der Waals surface area contributed by atoms with Crippen LogP contribution in [0.3, 0.4) is 0 Å². The van der Waals surface area contributed by atoms with Gasteiger partial charge in [-0.25, -0.2) is 0 Å². The minimum atomic E-state index is -0.0395. The van der Waals surface area contributed by atoms with Crippen LogP contribution in [0.4, 0.5) is 0 Å². The van der Waals surface area contributed by atoms with Gasteiger partial charge in [0, 0.05) is 23.0 Å². The van der Waals surface area contributed by atoms with E-state index in [0.29, 0.717) is 5.02 Å². The molecule has 1 unspecified atom stereocenters. The topological polar surface area (TPSA) is 35.2 Å². The highest BCUT2D eigenvalue weighted by molar-refractivity contribution is 6.30. The second-order valence-corrected chi connectivity index (χ2v) is 5.86. The molecule has 2 aromatic carbocycles. The van der Waals surface area contributed by atoms with Gasteiger partial charge < -0.3 is 10.5 Å². The molecule has 1 heterocycles. The summed E-state index contributed by atoms with van der Waals surface area (Å²) in [4.78, 5) is 0. The summed E-state index contributed by atoms with van der Waals surface area (Å²) in [5.74, 6) is 0.846. The van der Waals surface area contributed by atoms with Gasteiger partial charge in [-0.2, -0.15) is 0 Å². The van der Waals surface area contributed by atoms with Crippen molar-refractivity contribution in [3.8, 4) is 5.75 Å². The van der Waals surface area contributed by atoms with Crippen LogP contribution >= 0.6 is 11.6 Å². The maximum absolute atomic E-state index is 6.29. The third-order valence-corrected chi connectivity index (χ3v) is 4.34. The lowest BCUT2D eigenvalue weighted by Crippen LogP contribution is -2.24. The molecule has 0 saturated carbocycles. The molecule has 0 fully saturated rings. The molecule has 0 amide bonds. The van der Waals surface area contributed by atoms with Gasteiger partial charge in [0.1, 0.15) is 11.9 Å². The molecule has 2 atom stereocenters. The Labute approximate surface area is 124 Å². The molecule has 104 valence electrons. The summed E-state index contributed by atoms with van der Waals surface area (Å²) in [6.07, 6.45) is 0.788. The van der Waals surface area contributed by atoms with Crippen LogP contribution in [0.1, 0.15) is 40.8 Å². The molecule has 1 aliphatic heterocycles. The SMILES string of the molecule is Cc1cccc(C2C[C@@H](N)c3cc(Cl)ccc3O2)c1C. The average molecular weight is 288 g/mol. The third-order valence-electron chi connectivity index (χ3n) is 4.10. The summed E-state index contributed by atoms with van der Waals surface area (Å²) >= 11 is 6.03. The number of nitrogens with two attached hydrogens (primary N) is 1. The van der Waals surface area contributed by atoms with E-state index in [2.05, 4.69) is 32.0 Å². The van der Waals surface area contributed by atoms with Crippen LogP contribution in [0.15, 0.2) is 36.4 Å². The maximum atomic E-state index is 6.29. The zero-order valence-electron chi connectivity index (χ0n) is 11.7. The van der Waals surface area contributed by atoms with E-state index in [0.717, 1.165) is 17.7 Å². The molecule has 0 spiro atoms. The standard InChI is InChI=1S/C17H18ClNO/c1-10-4-3-5-13(11(10)2)17-9-15(19)14-8-12(18)6-7-16(14)20-17/h3-8,15,17H,9,19H2,1-2H3/t15-,17?/m1/s1. The van der Waals surface area contributed by atoms with Gasteiger partial charge in [-0.15, -0.1) is 0 Å². The number of ether oxygens (including phenoxy) is 1. The molecular formula is C17H18ClNO. The maximum Gasteiger partial charge on any atom is 0.126 e. The fourth-order valence-electron chi connectivity index (χ4n) is 2.79. The van der Waals surface area contributed by atoms with E-state index in [4.69, 9.17) is 22.1 Å². The first-order valence-electron chi connectivity index (χ1n) is 6.84. The Kier molecular flexibility index (Phi) is 3.45. The first-order valence-corrected chi connectivity index (χ1v) is 7.22. The van der Waals surface area contributed by atoms with Crippen molar-refractivity contribution in [1.29, 1.82) is 0 Å². The molecular weight excluding hydrogens is 270 g/mol. The van der Waals surface area contributed by atoms with Crippen LogP contribution in [-0.4, -0.2) is 0 Å². The van der Waals surface area contributed by atoms with Gasteiger partial charge in [-0.05, 0) is 48.7 Å². The molecule has 20 heavy (non-hydrogen) atoms. The van der Waals surface area contributed by atoms with Crippen LogP contribution in [0.2, 0.25) is 5.02 Å². The van der Waals surface area contributed by atoms with Crippen molar-refractivity contribution in [3.63, 3.8) is 0 Å². The predicted molar refractivity (Wildman–Crippen MR) is 82.3 cm³/mol. The van der Waals surface area contributed by atoms with Gasteiger partial charge >= 0.3 is 0 Å². The second-order valence-electron chi connectivity index (χ2n) is 5.42. The Morgan fingerprint density at radius 2 is 1.95 bits per heavy atom. The highest BCUT2D eigenvalue weighted by Crippen LogP contribution is 2.41. The summed E-state index contributed by atoms with van der Waals surface area (Å²) in [6, 6.07) is 11.9. The number of fused-ring (bicyclic) bond motifs is 1. The summed E-state index contributed by atoms with van der Waals surface area (Å²) in [7, 11) is 0. The number of halogens is 1. The van der Waals surface area contributed by atoms with Crippen LogP contribution in [-0.2, 0) is 0 Å². The molecule has 3 heteroatoms. The molecule has 0 saturated heterocycles. The first kappa shape index (κ1) is 13.5. The van der Waals surface area contributed by atoms with E-state index < -0.39 is 0 Å². The summed E-state index contributed by atoms with van der Waals surface area (Å²) in [5, 5.41) is 0.702. The minimum Gasteiger partial charge on any atom is -0.485 e. The lowest BCUT2D eigenvalue weighted by atomic mass is 9.90. The van der Waals surface area contributed by atoms with Gasteiger partial charge in [0.05, 0.1) is 0 Å². The molecule has 2 nitrogen and oxygen atoms in total. The van der Waals surface area contributed by atoms with Crippen molar-refractivity contribution >= 4 is 11.6 Å². The molecule has 3 rings (SSSR count). The molecule has 2 N–H and O–H groups in total. The fraction of sp³-hybridized carbons (Fsp3) is 0.294. The van der Waals surface area contributed by atoms with Crippen molar-refractivity contribution in [2.24, 2.45) is 5.73 Å². The number of hydrogen-bond acceptors (Lipinski definition) is 2. The zero-order valence-corrected chi connectivity index (χ0v) is 12.4. The summed E-state index contributed by atoms with van der Waals surface area (Å²) in [5.41, 5.74) is 11.1. The monoisotopic (exact) mass is 287 g/mol. The Morgan fingerprint density at radius 3 is 2.75 bits per heavy atom. The lowest BCUT2D eigenvalue weighted by Gasteiger charge is -2.31. The number of rotatable bonds is 1. The molecule has 0 aromatic heterocycles. The third kappa shape index (κ3) is 2.30. The average Bonchev–Trinajstić information content (AvgIpc) is 2.42. The van der Waals surface area contributed by atoms with Gasteiger partial charge in [0.15, 0.2) is 0 Å². The van der Waals surface area contributed by atoms with Crippen LogP contribution in [0, 0.1) is 13.8 Å². The van der Waals surface area contributed by atoms with Crippen molar-refractivity contribution in [3.05, 3.63) is 63.7 Å². The molecule has 2 aromatic rings. The van der Waals surface area contributed by atoms with E-state index in [9.17, 15) is 0 Å². The first-order chi connectivity index (χ1) is 9.56. The van der Waals surface area contributed by atoms with Crippen molar-refractivity contribution in [2.75, 3.05) is 0 Å². The Hall–Kier alpha value is -1.51. The van der Waals surface area contributed by atoms with Crippen LogP contribution in [0.5, 0.6) is 5.75 Å². The largest absolute Gasteiger partial charge is 0.485 e.